The third kappa shape index (κ3) is 3.95. The Balaban J connectivity index is 1.86. The van der Waals surface area contributed by atoms with Crippen LogP contribution in [0.2, 0.25) is 0 Å². The van der Waals surface area contributed by atoms with Crippen molar-refractivity contribution in [2.45, 2.75) is 26.2 Å². The zero-order valence-corrected chi connectivity index (χ0v) is 16.0. The van der Waals surface area contributed by atoms with Crippen LogP contribution in [-0.2, 0) is 16.0 Å². The number of hydrogen-bond donors (Lipinski definition) is 1. The third-order valence-corrected chi connectivity index (χ3v) is 5.04. The van der Waals surface area contributed by atoms with Crippen molar-refractivity contribution in [3.8, 4) is 0 Å². The van der Waals surface area contributed by atoms with Gasteiger partial charge in [-0.1, -0.05) is 32.0 Å². The van der Waals surface area contributed by atoms with Crippen LogP contribution in [0.3, 0.4) is 0 Å². The number of amides is 2. The second-order valence-corrected chi connectivity index (χ2v) is 7.60. The van der Waals surface area contributed by atoms with E-state index in [1.165, 1.54) is 24.7 Å². The van der Waals surface area contributed by atoms with E-state index < -0.39 is 11.9 Å². The maximum absolute atomic E-state index is 12.8. The molecule has 0 spiro atoms. The summed E-state index contributed by atoms with van der Waals surface area (Å²) in [4.78, 5) is 45.4. The van der Waals surface area contributed by atoms with Crippen LogP contribution in [0.5, 0.6) is 0 Å². The fourth-order valence-corrected chi connectivity index (χ4v) is 3.98. The van der Waals surface area contributed by atoms with Crippen LogP contribution in [0.25, 0.3) is 0 Å². The molecule has 0 aliphatic carbocycles. The summed E-state index contributed by atoms with van der Waals surface area (Å²) in [5.74, 6) is -1.63. The van der Waals surface area contributed by atoms with Gasteiger partial charge in [-0.3, -0.25) is 9.59 Å². The molecule has 2 heterocycles. The molecule has 1 aliphatic rings. The normalized spacial score (nSPS) is 15.6. The van der Waals surface area contributed by atoms with Gasteiger partial charge in [-0.05, 0) is 24.0 Å². The molecule has 1 N–H and O–H groups in total. The lowest BCUT2D eigenvalue weighted by Gasteiger charge is -2.17. The van der Waals surface area contributed by atoms with Gasteiger partial charge in [0.1, 0.15) is 0 Å². The maximum atomic E-state index is 12.8. The van der Waals surface area contributed by atoms with Crippen molar-refractivity contribution in [2.75, 3.05) is 12.4 Å². The van der Waals surface area contributed by atoms with Crippen LogP contribution < -0.4 is 5.32 Å². The quantitative estimate of drug-likeness (QED) is 0.798. The number of aliphatic imine (C=N–C) groups is 1. The Morgan fingerprint density at radius 1 is 1.30 bits per heavy atom. The lowest BCUT2D eigenvalue weighted by Crippen LogP contribution is -2.26. The molecule has 1 aromatic heterocycles. The van der Waals surface area contributed by atoms with Crippen molar-refractivity contribution in [3.63, 3.8) is 0 Å². The van der Waals surface area contributed by atoms with Crippen LogP contribution >= 0.6 is 11.3 Å². The number of carbonyl (C=O) groups excluding carboxylic acids is 3. The summed E-state index contributed by atoms with van der Waals surface area (Å²) < 4.78 is 4.79. The molecular weight excluding hydrogens is 366 g/mol. The van der Waals surface area contributed by atoms with Crippen LogP contribution in [-0.4, -0.2) is 36.1 Å². The van der Waals surface area contributed by atoms with Crippen molar-refractivity contribution in [2.24, 2.45) is 10.9 Å². The fraction of sp³-hybridized carbons (Fsp3) is 0.316. The van der Waals surface area contributed by atoms with E-state index in [0.29, 0.717) is 28.6 Å². The number of fused-ring (bicyclic) bond motifs is 1. The number of benzene rings is 1. The summed E-state index contributed by atoms with van der Waals surface area (Å²) in [6.45, 7) is 4.07. The number of thiazole rings is 1. The summed E-state index contributed by atoms with van der Waals surface area (Å²) in [6, 6.07) is 6.88. The van der Waals surface area contributed by atoms with Crippen LogP contribution in [0, 0.1) is 5.92 Å². The van der Waals surface area contributed by atoms with E-state index >= 15 is 0 Å². The lowest BCUT2D eigenvalue weighted by atomic mass is 9.92. The van der Waals surface area contributed by atoms with E-state index in [4.69, 9.17) is 4.74 Å². The molecule has 3 rings (SSSR count). The third-order valence-electron chi connectivity index (χ3n) is 4.05. The Hall–Kier alpha value is -2.87. The van der Waals surface area contributed by atoms with Crippen LogP contribution in [0.15, 0.2) is 29.3 Å². The minimum Gasteiger partial charge on any atom is -0.464 e. The molecule has 0 saturated carbocycles. The Bertz CT molecular complexity index is 933. The second-order valence-electron chi connectivity index (χ2n) is 6.52. The van der Waals surface area contributed by atoms with Gasteiger partial charge in [0.2, 0.25) is 5.91 Å². The number of carbonyl (C=O) groups is 3. The molecule has 0 bridgehead atoms. The van der Waals surface area contributed by atoms with Gasteiger partial charge in [0.05, 0.1) is 13.0 Å². The van der Waals surface area contributed by atoms with E-state index in [1.807, 2.05) is 13.8 Å². The van der Waals surface area contributed by atoms with Gasteiger partial charge in [0, 0.05) is 16.7 Å². The van der Waals surface area contributed by atoms with Crippen molar-refractivity contribution in [1.29, 1.82) is 0 Å². The molecule has 1 aromatic carbocycles. The number of rotatable bonds is 5. The summed E-state index contributed by atoms with van der Waals surface area (Å²) in [7, 11) is 1.30. The molecular formula is C19H19N3O4S. The smallest absolute Gasteiger partial charge is 0.357 e. The maximum Gasteiger partial charge on any atom is 0.357 e. The highest BCUT2D eigenvalue weighted by atomic mass is 32.1. The van der Waals surface area contributed by atoms with E-state index in [0.717, 1.165) is 4.88 Å². The van der Waals surface area contributed by atoms with Gasteiger partial charge in [-0.25, -0.2) is 14.8 Å². The van der Waals surface area contributed by atoms with Gasteiger partial charge >= 0.3 is 5.97 Å². The molecule has 140 valence electrons. The number of nitrogens with zero attached hydrogens (tertiary/aromatic N) is 2. The van der Waals surface area contributed by atoms with E-state index in [2.05, 4.69) is 15.3 Å². The minimum absolute atomic E-state index is 0.222. The summed E-state index contributed by atoms with van der Waals surface area (Å²) >= 11 is 1.25. The van der Waals surface area contributed by atoms with Gasteiger partial charge in [0.25, 0.3) is 5.91 Å². The lowest BCUT2D eigenvalue weighted by molar-refractivity contribution is -0.116. The SMILES string of the molecule is COC(=O)c1nc(NC(=O)C2C=NC(=O)c3ccccc32)sc1CC(C)C. The number of methoxy groups -OCH3 is 1. The summed E-state index contributed by atoms with van der Waals surface area (Å²) in [5, 5.41) is 3.06. The number of esters is 1. The molecule has 2 aromatic rings. The van der Waals surface area contributed by atoms with Crippen molar-refractivity contribution < 1.29 is 19.1 Å². The fourth-order valence-electron chi connectivity index (χ4n) is 2.82. The van der Waals surface area contributed by atoms with Crippen molar-refractivity contribution in [1.82, 2.24) is 4.98 Å². The molecule has 2 amide bonds. The highest BCUT2D eigenvalue weighted by Crippen LogP contribution is 2.29. The predicted octanol–water partition coefficient (Wildman–Crippen LogP) is 3.08. The molecule has 7 nitrogen and oxygen atoms in total. The Labute approximate surface area is 160 Å². The second kappa shape index (κ2) is 7.79. The number of ether oxygens (including phenoxy) is 1. The Morgan fingerprint density at radius 3 is 2.74 bits per heavy atom. The van der Waals surface area contributed by atoms with E-state index in [9.17, 15) is 14.4 Å². The standard InChI is InChI=1S/C19H19N3O4S/c1-10(2)8-14-15(18(25)26-3)21-19(27-14)22-17(24)13-9-20-16(23)12-7-5-4-6-11(12)13/h4-7,9-10,13H,8H2,1-3H3,(H,21,22,24). The van der Waals surface area contributed by atoms with E-state index in [-0.39, 0.29) is 17.5 Å². The van der Waals surface area contributed by atoms with Gasteiger partial charge in [-0.2, -0.15) is 0 Å². The molecule has 0 radical (unpaired) electrons. The van der Waals surface area contributed by atoms with Gasteiger partial charge in [0.15, 0.2) is 10.8 Å². The van der Waals surface area contributed by atoms with Gasteiger partial charge in [-0.15, -0.1) is 11.3 Å². The monoisotopic (exact) mass is 385 g/mol. The van der Waals surface area contributed by atoms with Gasteiger partial charge < -0.3 is 10.1 Å². The number of hydrogen-bond acceptors (Lipinski definition) is 6. The Kier molecular flexibility index (Phi) is 5.46. The van der Waals surface area contributed by atoms with E-state index in [1.54, 1.807) is 24.3 Å². The largest absolute Gasteiger partial charge is 0.464 e. The highest BCUT2D eigenvalue weighted by Gasteiger charge is 2.29. The molecule has 1 unspecified atom stereocenters. The summed E-state index contributed by atoms with van der Waals surface area (Å²) in [6.07, 6.45) is 1.99. The number of anilines is 1. The number of aromatic nitrogens is 1. The average Bonchev–Trinajstić information content (AvgIpc) is 3.02. The molecule has 0 fully saturated rings. The topological polar surface area (TPSA) is 97.7 Å². The zero-order chi connectivity index (χ0) is 19.6. The molecule has 1 aliphatic heterocycles. The molecule has 27 heavy (non-hydrogen) atoms. The Morgan fingerprint density at radius 2 is 2.04 bits per heavy atom. The zero-order valence-electron chi connectivity index (χ0n) is 15.2. The first-order valence-corrected chi connectivity index (χ1v) is 9.28. The summed E-state index contributed by atoms with van der Waals surface area (Å²) in [5.41, 5.74) is 1.23. The first-order chi connectivity index (χ1) is 12.9. The van der Waals surface area contributed by atoms with Crippen LogP contribution in [0.4, 0.5) is 5.13 Å². The minimum atomic E-state index is -0.696. The first kappa shape index (κ1) is 18.9. The molecule has 0 saturated heterocycles. The van der Waals surface area contributed by atoms with Crippen molar-refractivity contribution in [3.05, 3.63) is 46.0 Å². The average molecular weight is 385 g/mol. The molecule has 1 atom stereocenters. The van der Waals surface area contributed by atoms with Crippen LogP contribution in [0.1, 0.15) is 51.1 Å². The van der Waals surface area contributed by atoms with Crippen molar-refractivity contribution >= 4 is 40.5 Å². The first-order valence-electron chi connectivity index (χ1n) is 8.47. The molecule has 8 heteroatoms. The highest BCUT2D eigenvalue weighted by molar-refractivity contribution is 7.16. The predicted molar refractivity (Wildman–Crippen MR) is 103 cm³/mol. The number of nitrogens with one attached hydrogen (secondary N) is 1.